The molecule has 1 saturated heterocycles. The van der Waals surface area contributed by atoms with E-state index in [1.54, 1.807) is 16.1 Å². The van der Waals surface area contributed by atoms with Gasteiger partial charge in [0.25, 0.3) is 0 Å². The molecule has 1 aromatic carbocycles. The summed E-state index contributed by atoms with van der Waals surface area (Å²) in [6, 6.07) is 8.50. The fourth-order valence-corrected chi connectivity index (χ4v) is 8.30. The number of anilines is 1. The molecule has 3 aromatic rings. The zero-order chi connectivity index (χ0) is 24.4. The summed E-state index contributed by atoms with van der Waals surface area (Å²) < 4.78 is 7.74. The Morgan fingerprint density at radius 1 is 0.944 bits per heavy atom. The standard InChI is InChI=1S/C28H34N4O3S/c33-22-14-19-13-21(22)25-24(19)27(34)32(28(25)35)16-18-6-2-1-5-17(18)15-30-9-11-31(12-10-30)26-20-7-3-4-8-23(20)36-29-26/h3-4,7-8,17-19,21,34-35H,1-2,5-6,9-16H2. The van der Waals surface area contributed by atoms with Gasteiger partial charge in [-0.05, 0) is 60.7 Å². The SMILES string of the molecule is O=C1CC2CC1c1c2c(O)n(CC2CCCCC2CN2CCN(c3nsc4ccccc34)CC2)c1O. The van der Waals surface area contributed by atoms with Crippen molar-refractivity contribution in [3.05, 3.63) is 35.4 Å². The average molecular weight is 507 g/mol. The fourth-order valence-electron chi connectivity index (χ4n) is 7.51. The average Bonchev–Trinajstić information content (AvgIpc) is 3.64. The summed E-state index contributed by atoms with van der Waals surface area (Å²) in [4.78, 5) is 17.3. The van der Waals surface area contributed by atoms with E-state index in [9.17, 15) is 15.0 Å². The maximum atomic E-state index is 12.3. The highest BCUT2D eigenvalue weighted by atomic mass is 32.1. The Labute approximate surface area is 215 Å². The smallest absolute Gasteiger partial charge is 0.198 e. The van der Waals surface area contributed by atoms with Crippen LogP contribution in [0.4, 0.5) is 5.82 Å². The molecule has 4 aliphatic rings. The number of aromatic hydroxyl groups is 2. The van der Waals surface area contributed by atoms with Crippen LogP contribution in [0.1, 0.15) is 61.5 Å². The third-order valence-electron chi connectivity index (χ3n) is 9.40. The third-order valence-corrected chi connectivity index (χ3v) is 10.2. The highest BCUT2D eigenvalue weighted by molar-refractivity contribution is 7.13. The van der Waals surface area contributed by atoms with Crippen molar-refractivity contribution in [3.63, 3.8) is 0 Å². The van der Waals surface area contributed by atoms with Gasteiger partial charge in [0.05, 0.1) is 4.70 Å². The lowest BCUT2D eigenvalue weighted by Gasteiger charge is -2.40. The topological polar surface area (TPSA) is 81.8 Å². The van der Waals surface area contributed by atoms with Gasteiger partial charge in [-0.3, -0.25) is 14.3 Å². The van der Waals surface area contributed by atoms with Crippen LogP contribution >= 0.6 is 11.5 Å². The van der Waals surface area contributed by atoms with Gasteiger partial charge in [-0.15, -0.1) is 0 Å². The molecular formula is C28H34N4O3S. The van der Waals surface area contributed by atoms with Crippen LogP contribution in [0.2, 0.25) is 0 Å². The largest absolute Gasteiger partial charge is 0.494 e. The van der Waals surface area contributed by atoms with Crippen LogP contribution in [0, 0.1) is 11.8 Å². The minimum absolute atomic E-state index is 0.0953. The summed E-state index contributed by atoms with van der Waals surface area (Å²) >= 11 is 1.59. The van der Waals surface area contributed by atoms with Gasteiger partial charge < -0.3 is 15.1 Å². The van der Waals surface area contributed by atoms with Crippen molar-refractivity contribution in [2.24, 2.45) is 11.8 Å². The molecule has 0 radical (unpaired) electrons. The van der Waals surface area contributed by atoms with Crippen LogP contribution in [0.25, 0.3) is 10.1 Å². The maximum absolute atomic E-state index is 12.3. The van der Waals surface area contributed by atoms with Crippen LogP contribution in [0.3, 0.4) is 0 Å². The number of hydrogen-bond donors (Lipinski definition) is 2. The van der Waals surface area contributed by atoms with Crippen molar-refractivity contribution in [2.75, 3.05) is 37.6 Å². The molecule has 3 heterocycles. The summed E-state index contributed by atoms with van der Waals surface area (Å²) in [6.07, 6.45) is 6.07. The highest BCUT2D eigenvalue weighted by Gasteiger charge is 2.49. The van der Waals surface area contributed by atoms with E-state index in [2.05, 4.69) is 34.1 Å². The number of fused-ring (bicyclic) bond motifs is 6. The van der Waals surface area contributed by atoms with Crippen molar-refractivity contribution in [1.82, 2.24) is 13.8 Å². The van der Waals surface area contributed by atoms with Crippen LogP contribution in [0.15, 0.2) is 24.3 Å². The Bertz CT molecular complexity index is 1310. The molecule has 7 rings (SSSR count). The Kier molecular flexibility index (Phi) is 5.51. The molecule has 0 spiro atoms. The summed E-state index contributed by atoms with van der Waals surface area (Å²) in [5, 5.41) is 23.3. The normalized spacial score (nSPS) is 28.3. The number of rotatable bonds is 5. The second-order valence-corrected chi connectivity index (χ2v) is 12.1. The second kappa shape index (κ2) is 8.77. The molecule has 36 heavy (non-hydrogen) atoms. The third kappa shape index (κ3) is 3.56. The summed E-state index contributed by atoms with van der Waals surface area (Å²) in [5.74, 6) is 2.60. The molecule has 0 amide bonds. The highest BCUT2D eigenvalue weighted by Crippen LogP contribution is 2.58. The van der Waals surface area contributed by atoms with E-state index in [-0.39, 0.29) is 29.4 Å². The number of piperazine rings is 1. The molecule has 2 aromatic heterocycles. The van der Waals surface area contributed by atoms with Crippen LogP contribution in [0.5, 0.6) is 11.8 Å². The van der Waals surface area contributed by atoms with E-state index in [0.29, 0.717) is 24.8 Å². The number of carbonyl (C=O) groups is 1. The minimum atomic E-state index is -0.203. The predicted octanol–water partition coefficient (Wildman–Crippen LogP) is 4.68. The lowest BCUT2D eigenvalue weighted by molar-refractivity contribution is -0.118. The Balaban J connectivity index is 1.03. The first-order valence-electron chi connectivity index (χ1n) is 13.6. The minimum Gasteiger partial charge on any atom is -0.494 e. The monoisotopic (exact) mass is 506 g/mol. The number of ketones is 1. The van der Waals surface area contributed by atoms with E-state index in [1.807, 2.05) is 0 Å². The van der Waals surface area contributed by atoms with Gasteiger partial charge in [0.2, 0.25) is 0 Å². The van der Waals surface area contributed by atoms with E-state index in [4.69, 9.17) is 4.37 Å². The number of benzene rings is 1. The van der Waals surface area contributed by atoms with Gasteiger partial charge in [-0.25, -0.2) is 0 Å². The molecule has 2 bridgehead atoms. The number of hydrogen-bond acceptors (Lipinski definition) is 7. The van der Waals surface area contributed by atoms with Crippen molar-refractivity contribution >= 4 is 33.2 Å². The first kappa shape index (κ1) is 22.6. The van der Waals surface area contributed by atoms with Crippen LogP contribution in [-0.2, 0) is 11.3 Å². The lowest BCUT2D eigenvalue weighted by Crippen LogP contribution is -2.49. The quantitative estimate of drug-likeness (QED) is 0.523. The van der Waals surface area contributed by atoms with Crippen LogP contribution < -0.4 is 4.90 Å². The second-order valence-electron chi connectivity index (χ2n) is 11.3. The van der Waals surface area contributed by atoms with Crippen LogP contribution in [-0.4, -0.2) is 62.6 Å². The zero-order valence-electron chi connectivity index (χ0n) is 20.6. The predicted molar refractivity (Wildman–Crippen MR) is 141 cm³/mol. The number of Topliss-reactive ketones (excluding diaryl/α,β-unsaturated/α-hetero) is 1. The van der Waals surface area contributed by atoms with E-state index < -0.39 is 0 Å². The molecule has 3 fully saturated rings. The molecule has 4 atom stereocenters. The molecule has 7 nitrogen and oxygen atoms in total. The van der Waals surface area contributed by atoms with Crippen molar-refractivity contribution in [2.45, 2.75) is 56.9 Å². The molecule has 1 aliphatic heterocycles. The Hall–Kier alpha value is -2.58. The molecule has 4 unspecified atom stereocenters. The zero-order valence-corrected chi connectivity index (χ0v) is 21.4. The maximum Gasteiger partial charge on any atom is 0.198 e. The molecule has 2 saturated carbocycles. The van der Waals surface area contributed by atoms with E-state index >= 15 is 0 Å². The number of carbonyl (C=O) groups excluding carboxylic acids is 1. The molecular weight excluding hydrogens is 472 g/mol. The Morgan fingerprint density at radius 3 is 2.47 bits per heavy atom. The van der Waals surface area contributed by atoms with Gasteiger partial charge in [0.15, 0.2) is 11.8 Å². The van der Waals surface area contributed by atoms with Gasteiger partial charge in [0.1, 0.15) is 11.6 Å². The summed E-state index contributed by atoms with van der Waals surface area (Å²) in [7, 11) is 0. The fraction of sp³-hybridized carbons (Fsp3) is 0.571. The molecule has 8 heteroatoms. The first-order chi connectivity index (χ1) is 17.6. The van der Waals surface area contributed by atoms with Crippen molar-refractivity contribution in [3.8, 4) is 11.8 Å². The lowest BCUT2D eigenvalue weighted by atomic mass is 9.78. The van der Waals surface area contributed by atoms with Gasteiger partial charge in [-0.1, -0.05) is 25.0 Å². The number of aromatic nitrogens is 2. The first-order valence-corrected chi connectivity index (χ1v) is 14.3. The van der Waals surface area contributed by atoms with Gasteiger partial charge in [-0.2, -0.15) is 4.37 Å². The van der Waals surface area contributed by atoms with Gasteiger partial charge >= 0.3 is 0 Å². The Morgan fingerprint density at radius 2 is 1.67 bits per heavy atom. The van der Waals surface area contributed by atoms with E-state index in [1.165, 1.54) is 29.3 Å². The molecule has 2 N–H and O–H groups in total. The van der Waals surface area contributed by atoms with Crippen molar-refractivity contribution in [1.29, 1.82) is 0 Å². The molecule has 3 aliphatic carbocycles. The summed E-state index contributed by atoms with van der Waals surface area (Å²) in [6.45, 7) is 5.78. The number of nitrogens with zero attached hydrogens (tertiary/aromatic N) is 4. The van der Waals surface area contributed by atoms with E-state index in [0.717, 1.165) is 62.5 Å². The van der Waals surface area contributed by atoms with Crippen molar-refractivity contribution < 1.29 is 15.0 Å². The molecule has 190 valence electrons. The summed E-state index contributed by atoms with van der Waals surface area (Å²) in [5.41, 5.74) is 1.59. The van der Waals surface area contributed by atoms with Gasteiger partial charge in [0, 0.05) is 68.1 Å².